The van der Waals surface area contributed by atoms with Crippen molar-refractivity contribution in [2.24, 2.45) is 5.92 Å². The summed E-state index contributed by atoms with van der Waals surface area (Å²) in [5, 5.41) is 2.66. The molecule has 1 fully saturated rings. The van der Waals surface area contributed by atoms with E-state index in [0.717, 1.165) is 25.9 Å². The maximum Gasteiger partial charge on any atom is 0.228 e. The highest BCUT2D eigenvalue weighted by molar-refractivity contribution is 5.92. The van der Waals surface area contributed by atoms with E-state index in [4.69, 9.17) is 0 Å². The number of benzene rings is 1. The van der Waals surface area contributed by atoms with Gasteiger partial charge in [-0.15, -0.1) is 0 Å². The summed E-state index contributed by atoms with van der Waals surface area (Å²) in [5.41, 5.74) is 0.269. The predicted molar refractivity (Wildman–Crippen MR) is 65.3 cm³/mol. The number of piperidine rings is 1. The van der Waals surface area contributed by atoms with E-state index < -0.39 is 0 Å². The monoisotopic (exact) mass is 236 g/mol. The lowest BCUT2D eigenvalue weighted by Gasteiger charge is -2.28. The van der Waals surface area contributed by atoms with Gasteiger partial charge >= 0.3 is 0 Å². The Labute approximate surface area is 101 Å². The van der Waals surface area contributed by atoms with Crippen LogP contribution in [-0.4, -0.2) is 30.9 Å². The molecular formula is C13H17FN2O. The van der Waals surface area contributed by atoms with Crippen LogP contribution in [0.1, 0.15) is 12.8 Å². The summed E-state index contributed by atoms with van der Waals surface area (Å²) >= 11 is 0. The lowest BCUT2D eigenvalue weighted by atomic mass is 9.97. The highest BCUT2D eigenvalue weighted by atomic mass is 19.1. The molecule has 3 nitrogen and oxygen atoms in total. The summed E-state index contributed by atoms with van der Waals surface area (Å²) in [4.78, 5) is 14.1. The average Bonchev–Trinajstić information content (AvgIpc) is 2.32. The van der Waals surface area contributed by atoms with Crippen LogP contribution in [0.5, 0.6) is 0 Å². The number of nitrogens with zero attached hydrogens (tertiary/aromatic N) is 1. The number of rotatable bonds is 2. The van der Waals surface area contributed by atoms with Crippen molar-refractivity contribution in [3.63, 3.8) is 0 Å². The van der Waals surface area contributed by atoms with Crippen LogP contribution in [0.25, 0.3) is 0 Å². The number of para-hydroxylation sites is 1. The lowest BCUT2D eigenvalue weighted by molar-refractivity contribution is -0.121. The first kappa shape index (κ1) is 12.0. The van der Waals surface area contributed by atoms with E-state index in [1.807, 2.05) is 7.05 Å². The van der Waals surface area contributed by atoms with Crippen LogP contribution < -0.4 is 5.32 Å². The van der Waals surface area contributed by atoms with E-state index in [1.165, 1.54) is 6.07 Å². The Morgan fingerprint density at radius 1 is 1.47 bits per heavy atom. The number of amides is 1. The summed E-state index contributed by atoms with van der Waals surface area (Å²) in [7, 11) is 2.00. The Bertz CT molecular complexity index is 408. The number of hydrogen-bond acceptors (Lipinski definition) is 2. The molecule has 1 saturated heterocycles. The number of hydrogen-bond donors (Lipinski definition) is 1. The molecule has 1 amide bonds. The van der Waals surface area contributed by atoms with Gasteiger partial charge in [0.1, 0.15) is 5.82 Å². The van der Waals surface area contributed by atoms with Gasteiger partial charge in [-0.25, -0.2) is 4.39 Å². The molecule has 1 heterocycles. The number of carbonyl (C=O) groups is 1. The molecule has 0 radical (unpaired) electrons. The highest BCUT2D eigenvalue weighted by Gasteiger charge is 2.24. The van der Waals surface area contributed by atoms with Gasteiger partial charge in [0.25, 0.3) is 0 Å². The molecule has 1 atom stereocenters. The Morgan fingerprint density at radius 2 is 2.24 bits per heavy atom. The Morgan fingerprint density at radius 3 is 2.94 bits per heavy atom. The maximum absolute atomic E-state index is 13.4. The average molecular weight is 236 g/mol. The van der Waals surface area contributed by atoms with E-state index in [-0.39, 0.29) is 23.3 Å². The zero-order valence-corrected chi connectivity index (χ0v) is 9.95. The van der Waals surface area contributed by atoms with Crippen LogP contribution in [-0.2, 0) is 4.79 Å². The third-order valence-corrected chi connectivity index (χ3v) is 3.13. The van der Waals surface area contributed by atoms with Crippen LogP contribution in [0.2, 0.25) is 0 Å². The predicted octanol–water partition coefficient (Wildman–Crippen LogP) is 2.11. The van der Waals surface area contributed by atoms with Crippen LogP contribution in [0, 0.1) is 11.7 Å². The van der Waals surface area contributed by atoms with Crippen LogP contribution in [0.4, 0.5) is 10.1 Å². The third kappa shape index (κ3) is 3.03. The molecule has 0 bridgehead atoms. The number of halogens is 1. The first-order valence-electron chi connectivity index (χ1n) is 5.91. The highest BCUT2D eigenvalue weighted by Crippen LogP contribution is 2.19. The molecule has 1 aromatic carbocycles. The standard InChI is InChI=1S/C13H17FN2O/c1-16-8-4-5-10(9-16)13(17)15-12-7-3-2-6-11(12)14/h2-3,6-7,10H,4-5,8-9H2,1H3,(H,15,17). The van der Waals surface area contributed by atoms with Gasteiger partial charge in [0.15, 0.2) is 0 Å². The number of carbonyl (C=O) groups excluding carboxylic acids is 1. The Kier molecular flexibility index (Phi) is 3.74. The molecular weight excluding hydrogens is 219 g/mol. The van der Waals surface area contributed by atoms with Gasteiger partial charge in [-0.2, -0.15) is 0 Å². The van der Waals surface area contributed by atoms with Crippen LogP contribution >= 0.6 is 0 Å². The topological polar surface area (TPSA) is 32.3 Å². The minimum atomic E-state index is -0.384. The molecule has 1 N–H and O–H groups in total. The smallest absolute Gasteiger partial charge is 0.228 e. The number of anilines is 1. The van der Waals surface area contributed by atoms with Gasteiger partial charge < -0.3 is 10.2 Å². The molecule has 1 aliphatic heterocycles. The molecule has 0 aliphatic carbocycles. The Hall–Kier alpha value is -1.42. The molecule has 1 aliphatic rings. The summed E-state index contributed by atoms with van der Waals surface area (Å²) in [6, 6.07) is 6.26. The van der Waals surface area contributed by atoms with E-state index in [9.17, 15) is 9.18 Å². The fourth-order valence-corrected chi connectivity index (χ4v) is 2.18. The fourth-order valence-electron chi connectivity index (χ4n) is 2.18. The van der Waals surface area contributed by atoms with Crippen molar-refractivity contribution in [1.82, 2.24) is 4.90 Å². The first-order valence-corrected chi connectivity index (χ1v) is 5.91. The van der Waals surface area contributed by atoms with E-state index in [0.29, 0.717) is 0 Å². The lowest BCUT2D eigenvalue weighted by Crippen LogP contribution is -2.38. The maximum atomic E-state index is 13.4. The second-order valence-corrected chi connectivity index (χ2v) is 4.57. The largest absolute Gasteiger partial charge is 0.323 e. The molecule has 0 saturated carbocycles. The molecule has 17 heavy (non-hydrogen) atoms. The van der Waals surface area contributed by atoms with E-state index >= 15 is 0 Å². The summed E-state index contributed by atoms with van der Waals surface area (Å²) in [6.45, 7) is 1.78. The zero-order chi connectivity index (χ0) is 12.3. The van der Waals surface area contributed by atoms with E-state index in [2.05, 4.69) is 10.2 Å². The van der Waals surface area contributed by atoms with Gasteiger partial charge in [0.2, 0.25) is 5.91 Å². The minimum absolute atomic E-state index is 0.0339. The van der Waals surface area contributed by atoms with Gasteiger partial charge in [-0.3, -0.25) is 4.79 Å². The molecule has 4 heteroatoms. The van der Waals surface area contributed by atoms with Crippen molar-refractivity contribution in [2.75, 3.05) is 25.5 Å². The second kappa shape index (κ2) is 5.27. The Balaban J connectivity index is 1.99. The first-order chi connectivity index (χ1) is 8.16. The van der Waals surface area contributed by atoms with Crippen molar-refractivity contribution in [2.45, 2.75) is 12.8 Å². The van der Waals surface area contributed by atoms with Crippen LogP contribution in [0.15, 0.2) is 24.3 Å². The van der Waals surface area contributed by atoms with E-state index in [1.54, 1.807) is 18.2 Å². The summed E-state index contributed by atoms with van der Waals surface area (Å²) in [5.74, 6) is -0.500. The summed E-state index contributed by atoms with van der Waals surface area (Å²) < 4.78 is 13.4. The number of likely N-dealkylation sites (tertiary alicyclic amines) is 1. The molecule has 1 aromatic rings. The third-order valence-electron chi connectivity index (χ3n) is 3.13. The summed E-state index contributed by atoms with van der Waals surface area (Å²) in [6.07, 6.45) is 1.90. The zero-order valence-electron chi connectivity index (χ0n) is 9.95. The molecule has 0 spiro atoms. The van der Waals surface area contributed by atoms with Crippen molar-refractivity contribution < 1.29 is 9.18 Å². The van der Waals surface area contributed by atoms with Crippen molar-refractivity contribution in [1.29, 1.82) is 0 Å². The van der Waals surface area contributed by atoms with Gasteiger partial charge in [-0.1, -0.05) is 12.1 Å². The quantitative estimate of drug-likeness (QED) is 0.853. The second-order valence-electron chi connectivity index (χ2n) is 4.57. The molecule has 92 valence electrons. The van der Waals surface area contributed by atoms with Gasteiger partial charge in [0, 0.05) is 6.54 Å². The fraction of sp³-hybridized carbons (Fsp3) is 0.462. The van der Waals surface area contributed by atoms with Crippen LogP contribution in [0.3, 0.4) is 0 Å². The van der Waals surface area contributed by atoms with Gasteiger partial charge in [-0.05, 0) is 38.6 Å². The normalized spacial score (nSPS) is 21.2. The van der Waals surface area contributed by atoms with Crippen molar-refractivity contribution in [3.8, 4) is 0 Å². The molecule has 2 rings (SSSR count). The van der Waals surface area contributed by atoms with Crippen molar-refractivity contribution in [3.05, 3.63) is 30.1 Å². The van der Waals surface area contributed by atoms with Gasteiger partial charge in [0.05, 0.1) is 11.6 Å². The molecule has 0 aromatic heterocycles. The SMILES string of the molecule is CN1CCCC(C(=O)Nc2ccccc2F)C1. The minimum Gasteiger partial charge on any atom is -0.323 e. The molecule has 1 unspecified atom stereocenters. The van der Waals surface area contributed by atoms with Crippen molar-refractivity contribution >= 4 is 11.6 Å². The number of nitrogens with one attached hydrogen (secondary N) is 1.